The summed E-state index contributed by atoms with van der Waals surface area (Å²) >= 11 is 0. The number of hydrogen-bond acceptors (Lipinski definition) is 3. The second-order valence-corrected chi connectivity index (χ2v) is 4.65. The Kier molecular flexibility index (Phi) is 5.88. The van der Waals surface area contributed by atoms with E-state index in [0.29, 0.717) is 18.1 Å². The molecular formula is C12H23NO2. The molecule has 0 N–H and O–H groups in total. The van der Waals surface area contributed by atoms with Crippen LogP contribution in [0, 0.1) is 5.92 Å². The summed E-state index contributed by atoms with van der Waals surface area (Å²) < 4.78 is 5.44. The number of carbonyl (C=O) groups is 1. The highest BCUT2D eigenvalue weighted by Gasteiger charge is 2.15. The van der Waals surface area contributed by atoms with Gasteiger partial charge in [-0.1, -0.05) is 0 Å². The lowest BCUT2D eigenvalue weighted by Gasteiger charge is -2.26. The molecule has 1 aliphatic heterocycles. The fraction of sp³-hybridized carbons (Fsp3) is 0.917. The number of rotatable bonds is 6. The Hall–Kier alpha value is -0.410. The molecule has 3 nitrogen and oxygen atoms in total. The number of ether oxygens (including phenoxy) is 1. The molecule has 1 heterocycles. The lowest BCUT2D eigenvalue weighted by atomic mass is 10.0. The van der Waals surface area contributed by atoms with Gasteiger partial charge in [0.25, 0.3) is 0 Å². The first kappa shape index (κ1) is 12.7. The molecule has 0 aromatic carbocycles. The van der Waals surface area contributed by atoms with Gasteiger partial charge >= 0.3 is 0 Å². The molecule has 0 aliphatic carbocycles. The molecule has 1 saturated heterocycles. The highest BCUT2D eigenvalue weighted by Crippen LogP contribution is 2.14. The summed E-state index contributed by atoms with van der Waals surface area (Å²) in [6, 6.07) is 0. The van der Waals surface area contributed by atoms with Crippen LogP contribution in [0.1, 0.15) is 32.6 Å². The van der Waals surface area contributed by atoms with Crippen molar-refractivity contribution in [3.05, 3.63) is 0 Å². The van der Waals surface area contributed by atoms with Crippen LogP contribution >= 0.6 is 0 Å². The molecule has 1 unspecified atom stereocenters. The van der Waals surface area contributed by atoms with E-state index in [9.17, 15) is 4.79 Å². The maximum absolute atomic E-state index is 10.8. The number of Topliss-reactive ketones (excluding diaryl/α,β-unsaturated/α-hetero) is 1. The van der Waals surface area contributed by atoms with Crippen molar-refractivity contribution in [2.75, 3.05) is 33.4 Å². The van der Waals surface area contributed by atoms with Crippen molar-refractivity contribution in [3.8, 4) is 0 Å². The van der Waals surface area contributed by atoms with Gasteiger partial charge in [0.1, 0.15) is 5.78 Å². The van der Waals surface area contributed by atoms with Gasteiger partial charge in [-0.25, -0.2) is 0 Å². The zero-order valence-electron chi connectivity index (χ0n) is 10.00. The average molecular weight is 213 g/mol. The third-order valence-electron chi connectivity index (χ3n) is 2.89. The summed E-state index contributed by atoms with van der Waals surface area (Å²) in [5.41, 5.74) is 0. The van der Waals surface area contributed by atoms with E-state index in [4.69, 9.17) is 4.74 Å². The van der Waals surface area contributed by atoms with E-state index >= 15 is 0 Å². The topological polar surface area (TPSA) is 29.5 Å². The van der Waals surface area contributed by atoms with E-state index in [1.54, 1.807) is 6.92 Å². The molecule has 0 amide bonds. The quantitative estimate of drug-likeness (QED) is 0.673. The third kappa shape index (κ3) is 5.90. The van der Waals surface area contributed by atoms with E-state index < -0.39 is 0 Å². The molecule has 0 saturated carbocycles. The largest absolute Gasteiger partial charge is 0.381 e. The standard InChI is InChI=1S/C12H23NO2/c1-11(14)5-3-7-13(2)9-12-6-4-8-15-10-12/h12H,3-10H2,1-2H3. The molecule has 0 aromatic rings. The summed E-state index contributed by atoms with van der Waals surface area (Å²) in [6.07, 6.45) is 4.19. The van der Waals surface area contributed by atoms with Crippen molar-refractivity contribution in [1.82, 2.24) is 4.90 Å². The van der Waals surface area contributed by atoms with Gasteiger partial charge in [0.15, 0.2) is 0 Å². The van der Waals surface area contributed by atoms with Crippen LogP contribution < -0.4 is 0 Å². The van der Waals surface area contributed by atoms with Crippen molar-refractivity contribution in [3.63, 3.8) is 0 Å². The van der Waals surface area contributed by atoms with Gasteiger partial charge in [-0.05, 0) is 45.7 Å². The van der Waals surface area contributed by atoms with Crippen LogP contribution in [-0.2, 0) is 9.53 Å². The van der Waals surface area contributed by atoms with Gasteiger partial charge in [-0.3, -0.25) is 0 Å². The first-order valence-electron chi connectivity index (χ1n) is 5.94. The fourth-order valence-corrected chi connectivity index (χ4v) is 2.08. The Morgan fingerprint density at radius 1 is 1.53 bits per heavy atom. The van der Waals surface area contributed by atoms with Gasteiger partial charge in [-0.15, -0.1) is 0 Å². The van der Waals surface area contributed by atoms with Crippen molar-refractivity contribution in [2.45, 2.75) is 32.6 Å². The van der Waals surface area contributed by atoms with Gasteiger partial charge in [-0.2, -0.15) is 0 Å². The summed E-state index contributed by atoms with van der Waals surface area (Å²) in [7, 11) is 2.13. The van der Waals surface area contributed by atoms with Crippen LogP contribution in [0.15, 0.2) is 0 Å². The fourth-order valence-electron chi connectivity index (χ4n) is 2.08. The molecule has 1 aliphatic rings. The third-order valence-corrected chi connectivity index (χ3v) is 2.89. The number of ketones is 1. The van der Waals surface area contributed by atoms with Gasteiger partial charge in [0, 0.05) is 19.6 Å². The molecule has 0 spiro atoms. The Bertz CT molecular complexity index is 188. The van der Waals surface area contributed by atoms with E-state index in [0.717, 1.165) is 32.7 Å². The molecule has 88 valence electrons. The zero-order chi connectivity index (χ0) is 11.1. The van der Waals surface area contributed by atoms with Crippen molar-refractivity contribution in [1.29, 1.82) is 0 Å². The molecule has 1 fully saturated rings. The van der Waals surface area contributed by atoms with Crippen LogP contribution in [0.2, 0.25) is 0 Å². The maximum atomic E-state index is 10.8. The Morgan fingerprint density at radius 2 is 2.33 bits per heavy atom. The second kappa shape index (κ2) is 6.96. The summed E-state index contributed by atoms with van der Waals surface area (Å²) in [6.45, 7) is 5.64. The van der Waals surface area contributed by atoms with Crippen LogP contribution in [0.25, 0.3) is 0 Å². The van der Waals surface area contributed by atoms with E-state index in [1.165, 1.54) is 12.8 Å². The summed E-state index contributed by atoms with van der Waals surface area (Å²) in [5, 5.41) is 0. The second-order valence-electron chi connectivity index (χ2n) is 4.65. The summed E-state index contributed by atoms with van der Waals surface area (Å²) in [5.74, 6) is 0.991. The highest BCUT2D eigenvalue weighted by atomic mass is 16.5. The lowest BCUT2D eigenvalue weighted by molar-refractivity contribution is -0.117. The minimum Gasteiger partial charge on any atom is -0.381 e. The molecule has 0 aromatic heterocycles. The molecule has 1 atom stereocenters. The lowest BCUT2D eigenvalue weighted by Crippen LogP contribution is -2.31. The SMILES string of the molecule is CC(=O)CCCN(C)CC1CCCOC1. The molecule has 3 heteroatoms. The Labute approximate surface area is 92.8 Å². The predicted molar refractivity (Wildman–Crippen MR) is 61.0 cm³/mol. The van der Waals surface area contributed by atoms with Crippen molar-refractivity contribution >= 4 is 5.78 Å². The molecular weight excluding hydrogens is 190 g/mol. The average Bonchev–Trinajstić information content (AvgIpc) is 2.18. The Morgan fingerprint density at radius 3 is 2.93 bits per heavy atom. The zero-order valence-corrected chi connectivity index (χ0v) is 10.00. The predicted octanol–water partition coefficient (Wildman–Crippen LogP) is 1.71. The number of nitrogens with zero attached hydrogens (tertiary/aromatic N) is 1. The minimum atomic E-state index is 0.296. The van der Waals surface area contributed by atoms with Crippen LogP contribution in [-0.4, -0.2) is 44.0 Å². The normalized spacial score (nSPS) is 21.9. The Balaban J connectivity index is 2.06. The smallest absolute Gasteiger partial charge is 0.129 e. The van der Waals surface area contributed by atoms with Gasteiger partial charge in [0.05, 0.1) is 6.61 Å². The van der Waals surface area contributed by atoms with Crippen molar-refractivity contribution < 1.29 is 9.53 Å². The monoisotopic (exact) mass is 213 g/mol. The summed E-state index contributed by atoms with van der Waals surface area (Å²) in [4.78, 5) is 13.1. The molecule has 15 heavy (non-hydrogen) atoms. The number of hydrogen-bond donors (Lipinski definition) is 0. The molecule has 0 radical (unpaired) electrons. The molecule has 1 rings (SSSR count). The first-order valence-corrected chi connectivity index (χ1v) is 5.94. The molecule has 0 bridgehead atoms. The van der Waals surface area contributed by atoms with Gasteiger partial charge in [0.2, 0.25) is 0 Å². The highest BCUT2D eigenvalue weighted by molar-refractivity contribution is 5.75. The maximum Gasteiger partial charge on any atom is 0.129 e. The van der Waals surface area contributed by atoms with E-state index in [1.807, 2.05) is 0 Å². The van der Waals surface area contributed by atoms with Crippen molar-refractivity contribution in [2.24, 2.45) is 5.92 Å². The first-order chi connectivity index (χ1) is 7.18. The van der Waals surface area contributed by atoms with E-state index in [2.05, 4.69) is 11.9 Å². The van der Waals surface area contributed by atoms with Crippen LogP contribution in [0.3, 0.4) is 0 Å². The van der Waals surface area contributed by atoms with Crippen LogP contribution in [0.5, 0.6) is 0 Å². The van der Waals surface area contributed by atoms with E-state index in [-0.39, 0.29) is 0 Å². The number of carbonyl (C=O) groups excluding carboxylic acids is 1. The minimum absolute atomic E-state index is 0.296. The van der Waals surface area contributed by atoms with Gasteiger partial charge < -0.3 is 14.4 Å². The van der Waals surface area contributed by atoms with Crippen LogP contribution in [0.4, 0.5) is 0 Å².